The number of nitrogens with one attached hydrogen (secondary N) is 1. The van der Waals surface area contributed by atoms with Crippen molar-refractivity contribution in [1.82, 2.24) is 0 Å². The van der Waals surface area contributed by atoms with Crippen LogP contribution in [-0.2, 0) is 9.59 Å². The standard InChI is InChI=1S/C24H23NO5/c1-29-14-6-8-16(9-7-14)30-15-4-2-13(3-5-15)25-23(26)21-17-10-11-18(20-12-19(17)20)22(21)24(27)28/h2-11,17-22H,12H2,1H3,(H,25,26)(H,27,28). The molecule has 2 saturated carbocycles. The van der Waals surface area contributed by atoms with Crippen LogP contribution in [0.25, 0.3) is 0 Å². The molecule has 2 fully saturated rings. The van der Waals surface area contributed by atoms with Gasteiger partial charge in [-0.1, -0.05) is 12.2 Å². The lowest BCUT2D eigenvalue weighted by Gasteiger charge is -2.41. The van der Waals surface area contributed by atoms with Gasteiger partial charge in [0, 0.05) is 5.69 Å². The zero-order chi connectivity index (χ0) is 20.8. The number of benzene rings is 2. The van der Waals surface area contributed by atoms with Crippen molar-refractivity contribution in [1.29, 1.82) is 0 Å². The molecule has 6 heteroatoms. The first-order valence-electron chi connectivity index (χ1n) is 10.2. The lowest BCUT2D eigenvalue weighted by Crippen LogP contribution is -2.48. The normalized spacial score (nSPS) is 30.3. The minimum atomic E-state index is -0.872. The van der Waals surface area contributed by atoms with Gasteiger partial charge in [0.25, 0.3) is 0 Å². The van der Waals surface area contributed by atoms with Crippen LogP contribution in [0.2, 0.25) is 0 Å². The maximum Gasteiger partial charge on any atom is 0.307 e. The third-order valence-electron chi connectivity index (χ3n) is 6.66. The Morgan fingerprint density at radius 3 is 1.97 bits per heavy atom. The van der Waals surface area contributed by atoms with Crippen LogP contribution in [0.15, 0.2) is 60.7 Å². The fourth-order valence-corrected chi connectivity index (χ4v) is 5.18. The van der Waals surface area contributed by atoms with Gasteiger partial charge in [-0.25, -0.2) is 0 Å². The number of carbonyl (C=O) groups excluding carboxylic acids is 1. The van der Waals surface area contributed by atoms with Gasteiger partial charge in [-0.05, 0) is 78.6 Å². The minimum Gasteiger partial charge on any atom is -0.497 e. The number of carboxylic acids is 1. The van der Waals surface area contributed by atoms with Crippen LogP contribution in [0.3, 0.4) is 0 Å². The molecule has 1 amide bonds. The second-order valence-electron chi connectivity index (χ2n) is 8.28. The van der Waals surface area contributed by atoms with Crippen LogP contribution < -0.4 is 14.8 Å². The molecule has 0 aliphatic heterocycles. The van der Waals surface area contributed by atoms with Crippen molar-refractivity contribution < 1.29 is 24.2 Å². The predicted molar refractivity (Wildman–Crippen MR) is 110 cm³/mol. The van der Waals surface area contributed by atoms with Crippen LogP contribution in [-0.4, -0.2) is 24.1 Å². The largest absolute Gasteiger partial charge is 0.497 e. The number of rotatable bonds is 6. The Hall–Kier alpha value is -3.28. The van der Waals surface area contributed by atoms with E-state index in [1.54, 1.807) is 31.4 Å². The Labute approximate surface area is 174 Å². The van der Waals surface area contributed by atoms with E-state index in [1.165, 1.54) is 0 Å². The number of hydrogen-bond acceptors (Lipinski definition) is 4. The van der Waals surface area contributed by atoms with Crippen molar-refractivity contribution in [2.75, 3.05) is 12.4 Å². The van der Waals surface area contributed by atoms with E-state index in [1.807, 2.05) is 30.3 Å². The van der Waals surface area contributed by atoms with Gasteiger partial charge in [-0.2, -0.15) is 0 Å². The second kappa shape index (κ2) is 7.20. The molecular weight excluding hydrogens is 382 g/mol. The molecule has 30 heavy (non-hydrogen) atoms. The van der Waals surface area contributed by atoms with Gasteiger partial charge in [0.1, 0.15) is 17.2 Å². The quantitative estimate of drug-likeness (QED) is 0.704. The highest BCUT2D eigenvalue weighted by molar-refractivity contribution is 5.96. The number of allylic oxidation sites excluding steroid dienone is 2. The summed E-state index contributed by atoms with van der Waals surface area (Å²) >= 11 is 0. The molecule has 6 atom stereocenters. The summed E-state index contributed by atoms with van der Waals surface area (Å²) in [6.07, 6.45) is 5.12. The zero-order valence-electron chi connectivity index (χ0n) is 16.5. The number of carbonyl (C=O) groups is 2. The Morgan fingerprint density at radius 1 is 0.867 bits per heavy atom. The molecule has 0 saturated heterocycles. The maximum absolute atomic E-state index is 13.0. The van der Waals surface area contributed by atoms with Gasteiger partial charge in [0.05, 0.1) is 18.9 Å². The van der Waals surface area contributed by atoms with E-state index in [2.05, 4.69) is 11.4 Å². The Balaban J connectivity index is 1.27. The molecule has 4 aliphatic rings. The smallest absolute Gasteiger partial charge is 0.307 e. The number of amides is 1. The van der Waals surface area contributed by atoms with Crippen molar-refractivity contribution in [2.24, 2.45) is 35.5 Å². The van der Waals surface area contributed by atoms with E-state index in [4.69, 9.17) is 9.47 Å². The molecule has 2 aromatic rings. The van der Waals surface area contributed by atoms with Crippen LogP contribution in [0, 0.1) is 35.5 Å². The van der Waals surface area contributed by atoms with Gasteiger partial charge in [0.15, 0.2) is 0 Å². The van der Waals surface area contributed by atoms with Crippen molar-refractivity contribution >= 4 is 17.6 Å². The van der Waals surface area contributed by atoms with E-state index in [-0.39, 0.29) is 17.7 Å². The highest BCUT2D eigenvalue weighted by Crippen LogP contribution is 2.63. The fraction of sp³-hybridized carbons (Fsp3) is 0.333. The number of methoxy groups -OCH3 is 1. The molecule has 0 heterocycles. The summed E-state index contributed by atoms with van der Waals surface area (Å²) in [4.78, 5) is 24.9. The lowest BCUT2D eigenvalue weighted by atomic mass is 9.62. The van der Waals surface area contributed by atoms with E-state index in [0.29, 0.717) is 29.0 Å². The number of hydrogen-bond donors (Lipinski definition) is 2. The van der Waals surface area contributed by atoms with Gasteiger partial charge < -0.3 is 19.9 Å². The first kappa shape index (κ1) is 18.7. The Bertz CT molecular complexity index is 997. The second-order valence-corrected chi connectivity index (χ2v) is 8.28. The third-order valence-corrected chi connectivity index (χ3v) is 6.66. The molecule has 6 rings (SSSR count). The number of aliphatic carboxylic acids is 1. The van der Waals surface area contributed by atoms with Crippen LogP contribution in [0.4, 0.5) is 5.69 Å². The molecule has 4 aliphatic carbocycles. The summed E-state index contributed by atoms with van der Waals surface area (Å²) in [5, 5.41) is 12.7. The molecule has 2 bridgehead atoms. The van der Waals surface area contributed by atoms with Gasteiger partial charge in [-0.15, -0.1) is 0 Å². The first-order chi connectivity index (χ1) is 14.5. The number of anilines is 1. The molecule has 2 aromatic carbocycles. The van der Waals surface area contributed by atoms with Crippen molar-refractivity contribution in [3.8, 4) is 17.2 Å². The summed E-state index contributed by atoms with van der Waals surface area (Å²) in [5.74, 6) is 0.752. The monoisotopic (exact) mass is 405 g/mol. The van der Waals surface area contributed by atoms with Crippen molar-refractivity contribution in [3.05, 3.63) is 60.7 Å². The molecule has 0 spiro atoms. The summed E-state index contributed by atoms with van der Waals surface area (Å²) in [5.41, 5.74) is 0.629. The fourth-order valence-electron chi connectivity index (χ4n) is 5.18. The SMILES string of the molecule is COc1ccc(Oc2ccc(NC(=O)C3C4C=CC(C5CC45)C3C(=O)O)cc2)cc1. The highest BCUT2D eigenvalue weighted by atomic mass is 16.5. The van der Waals surface area contributed by atoms with E-state index in [0.717, 1.165) is 12.2 Å². The summed E-state index contributed by atoms with van der Waals surface area (Å²) in [6.45, 7) is 0. The van der Waals surface area contributed by atoms with E-state index < -0.39 is 17.8 Å². The Morgan fingerprint density at radius 2 is 1.40 bits per heavy atom. The highest BCUT2D eigenvalue weighted by Gasteiger charge is 2.62. The molecule has 0 aromatic heterocycles. The number of ether oxygens (including phenoxy) is 2. The first-order valence-corrected chi connectivity index (χ1v) is 10.2. The lowest BCUT2D eigenvalue weighted by molar-refractivity contribution is -0.152. The molecular formula is C24H23NO5. The molecule has 6 nitrogen and oxygen atoms in total. The third kappa shape index (κ3) is 3.22. The Kier molecular flexibility index (Phi) is 4.50. The topological polar surface area (TPSA) is 84.9 Å². The average molecular weight is 405 g/mol. The summed E-state index contributed by atoms with van der Waals surface area (Å²) in [6, 6.07) is 14.4. The van der Waals surface area contributed by atoms with Gasteiger partial charge >= 0.3 is 5.97 Å². The summed E-state index contributed by atoms with van der Waals surface area (Å²) in [7, 11) is 1.61. The van der Waals surface area contributed by atoms with Crippen molar-refractivity contribution in [3.63, 3.8) is 0 Å². The van der Waals surface area contributed by atoms with E-state index >= 15 is 0 Å². The maximum atomic E-state index is 13.0. The average Bonchev–Trinajstić information content (AvgIpc) is 3.58. The van der Waals surface area contributed by atoms with E-state index in [9.17, 15) is 14.7 Å². The molecule has 0 radical (unpaired) electrons. The number of fused-ring (bicyclic) bond motifs is 1. The molecule has 154 valence electrons. The molecule has 2 N–H and O–H groups in total. The van der Waals surface area contributed by atoms with Gasteiger partial charge in [-0.3, -0.25) is 9.59 Å². The summed E-state index contributed by atoms with van der Waals surface area (Å²) < 4.78 is 10.9. The van der Waals surface area contributed by atoms with Crippen LogP contribution >= 0.6 is 0 Å². The van der Waals surface area contributed by atoms with Gasteiger partial charge in [0.2, 0.25) is 5.91 Å². The van der Waals surface area contributed by atoms with Crippen LogP contribution in [0.1, 0.15) is 6.42 Å². The minimum absolute atomic E-state index is 0.0199. The van der Waals surface area contributed by atoms with Crippen molar-refractivity contribution in [2.45, 2.75) is 6.42 Å². The molecule has 6 unspecified atom stereocenters. The predicted octanol–water partition coefficient (Wildman–Crippen LogP) is 4.19. The van der Waals surface area contributed by atoms with Crippen LogP contribution in [0.5, 0.6) is 17.2 Å². The zero-order valence-corrected chi connectivity index (χ0v) is 16.5. The number of carboxylic acid groups (broad SMARTS) is 1.